The van der Waals surface area contributed by atoms with E-state index < -0.39 is 0 Å². The van der Waals surface area contributed by atoms with Gasteiger partial charge in [0.15, 0.2) is 9.30 Å². The fraction of sp³-hybridized carbons (Fsp3) is 0.438. The maximum Gasteiger partial charge on any atom is 0.258 e. The van der Waals surface area contributed by atoms with E-state index in [1.54, 1.807) is 15.4 Å². The van der Waals surface area contributed by atoms with E-state index in [0.717, 1.165) is 28.6 Å². The number of anilines is 1. The number of amides is 1. The number of nitrogens with zero attached hydrogens (tertiary/aromatic N) is 5. The number of carbonyl (C=O) groups is 1. The topological polar surface area (TPSA) is 80.5 Å². The van der Waals surface area contributed by atoms with Crippen molar-refractivity contribution in [2.24, 2.45) is 0 Å². The minimum absolute atomic E-state index is 0.0595. The maximum atomic E-state index is 12.2. The molecule has 0 aromatic carbocycles. The predicted octanol–water partition coefficient (Wildman–Crippen LogP) is 3.11. The quantitative estimate of drug-likeness (QED) is 0.461. The van der Waals surface area contributed by atoms with E-state index in [1.807, 2.05) is 19.2 Å². The number of thiazole rings is 1. The molecule has 1 amide bonds. The number of fused-ring (bicyclic) bond motifs is 1. The largest absolute Gasteiger partial charge is 0.284 e. The van der Waals surface area contributed by atoms with Crippen LogP contribution in [0, 0.1) is 6.92 Å². The van der Waals surface area contributed by atoms with Gasteiger partial charge < -0.3 is 0 Å². The Bertz CT molecular complexity index is 1020. The minimum atomic E-state index is -0.0595. The van der Waals surface area contributed by atoms with E-state index in [4.69, 9.17) is 0 Å². The fourth-order valence-electron chi connectivity index (χ4n) is 2.64. The molecule has 26 heavy (non-hydrogen) atoms. The lowest BCUT2D eigenvalue weighted by molar-refractivity contribution is -0.118. The Hall–Kier alpha value is -1.78. The summed E-state index contributed by atoms with van der Waals surface area (Å²) in [7, 11) is 0. The van der Waals surface area contributed by atoms with Crippen molar-refractivity contribution >= 4 is 50.4 Å². The van der Waals surface area contributed by atoms with Crippen LogP contribution >= 0.6 is 34.4 Å². The molecule has 10 heteroatoms. The van der Waals surface area contributed by atoms with Crippen LogP contribution in [0.25, 0.3) is 4.96 Å². The van der Waals surface area contributed by atoms with Crippen molar-refractivity contribution in [2.75, 3.05) is 4.90 Å². The molecule has 1 aliphatic rings. The number of aromatic nitrogens is 4. The average molecular weight is 408 g/mol. The van der Waals surface area contributed by atoms with Crippen LogP contribution < -0.4 is 10.5 Å². The lowest BCUT2D eigenvalue weighted by Gasteiger charge is -2.17. The van der Waals surface area contributed by atoms with Gasteiger partial charge in [0.1, 0.15) is 0 Å². The van der Waals surface area contributed by atoms with Gasteiger partial charge in [-0.05, 0) is 19.8 Å². The van der Waals surface area contributed by atoms with Gasteiger partial charge in [0.2, 0.25) is 11.0 Å². The number of rotatable bonds is 6. The predicted molar refractivity (Wildman–Crippen MR) is 104 cm³/mol. The molecular weight excluding hydrogens is 390 g/mol. The summed E-state index contributed by atoms with van der Waals surface area (Å²) < 4.78 is 2.39. The molecule has 4 rings (SSSR count). The summed E-state index contributed by atoms with van der Waals surface area (Å²) in [5.74, 6) is 0.635. The van der Waals surface area contributed by atoms with Crippen LogP contribution in [0.4, 0.5) is 5.13 Å². The summed E-state index contributed by atoms with van der Waals surface area (Å²) in [4.78, 5) is 31.4. The molecule has 0 saturated heterocycles. The number of aryl methyl sites for hydroxylation is 1. The summed E-state index contributed by atoms with van der Waals surface area (Å²) in [6.07, 6.45) is 2.52. The Morgan fingerprint density at radius 3 is 2.96 bits per heavy atom. The van der Waals surface area contributed by atoms with Gasteiger partial charge in [0.25, 0.3) is 5.56 Å². The summed E-state index contributed by atoms with van der Waals surface area (Å²) in [5, 5.41) is 11.0. The highest BCUT2D eigenvalue weighted by Crippen LogP contribution is 2.36. The van der Waals surface area contributed by atoms with E-state index in [0.29, 0.717) is 22.3 Å². The lowest BCUT2D eigenvalue weighted by atomic mass is 10.4. The highest BCUT2D eigenvalue weighted by atomic mass is 32.2. The van der Waals surface area contributed by atoms with Crippen LogP contribution in [-0.2, 0) is 10.5 Å². The molecule has 0 radical (unpaired) electrons. The zero-order chi connectivity index (χ0) is 18.3. The Balaban J connectivity index is 1.49. The van der Waals surface area contributed by atoms with Crippen molar-refractivity contribution in [1.29, 1.82) is 0 Å². The third kappa shape index (κ3) is 3.40. The minimum Gasteiger partial charge on any atom is -0.284 e. The van der Waals surface area contributed by atoms with E-state index in [2.05, 4.69) is 15.2 Å². The zero-order valence-electron chi connectivity index (χ0n) is 14.3. The van der Waals surface area contributed by atoms with E-state index in [1.165, 1.54) is 34.4 Å². The van der Waals surface area contributed by atoms with Crippen molar-refractivity contribution in [3.05, 3.63) is 33.2 Å². The molecule has 0 aliphatic heterocycles. The Morgan fingerprint density at radius 2 is 2.23 bits per heavy atom. The number of hydrogen-bond acceptors (Lipinski definition) is 8. The van der Waals surface area contributed by atoms with E-state index in [9.17, 15) is 9.59 Å². The molecule has 3 aromatic rings. The van der Waals surface area contributed by atoms with Crippen molar-refractivity contribution in [3.63, 3.8) is 0 Å². The fourth-order valence-corrected chi connectivity index (χ4v) is 5.35. The van der Waals surface area contributed by atoms with Crippen LogP contribution in [0.5, 0.6) is 0 Å². The third-order valence-corrected chi connectivity index (χ3v) is 7.09. The van der Waals surface area contributed by atoms with Gasteiger partial charge in [-0.15, -0.1) is 21.5 Å². The molecule has 3 heterocycles. The molecule has 7 nitrogen and oxygen atoms in total. The first-order valence-electron chi connectivity index (χ1n) is 8.32. The number of hydrogen-bond donors (Lipinski definition) is 0. The first-order valence-corrected chi connectivity index (χ1v) is 11.0. The number of thioether (sulfide) groups is 1. The van der Waals surface area contributed by atoms with Gasteiger partial charge in [-0.1, -0.05) is 30.0 Å². The second kappa shape index (κ2) is 7.09. The Kier molecular flexibility index (Phi) is 4.80. The third-order valence-electron chi connectivity index (χ3n) is 4.06. The molecule has 0 spiro atoms. The standard InChI is InChI=1S/C16H17N5O2S3/c1-3-12(22)21(11-4-5-11)15-18-19-16(26-15)25-8-10-6-13(23)20-9(2)7-24-14(20)17-10/h6-7,11H,3-5,8H2,1-2H3. The monoisotopic (exact) mass is 407 g/mol. The molecular formula is C16H17N5O2S3. The van der Waals surface area contributed by atoms with Gasteiger partial charge in [-0.3, -0.25) is 18.9 Å². The molecule has 136 valence electrons. The molecule has 1 fully saturated rings. The van der Waals surface area contributed by atoms with Crippen LogP contribution in [0.1, 0.15) is 37.6 Å². The van der Waals surface area contributed by atoms with Crippen LogP contribution in [0.15, 0.2) is 20.6 Å². The Labute approximate surface area is 162 Å². The molecule has 0 bridgehead atoms. The molecule has 1 aliphatic carbocycles. The van der Waals surface area contributed by atoms with Gasteiger partial charge in [-0.25, -0.2) is 4.98 Å². The molecule has 0 unspecified atom stereocenters. The lowest BCUT2D eigenvalue weighted by Crippen LogP contribution is -2.32. The number of carbonyl (C=O) groups excluding carboxylic acids is 1. The molecule has 0 N–H and O–H groups in total. The SMILES string of the molecule is CCC(=O)N(c1nnc(SCc2cc(=O)n3c(C)csc3n2)s1)C1CC1. The van der Waals surface area contributed by atoms with E-state index >= 15 is 0 Å². The summed E-state index contributed by atoms with van der Waals surface area (Å²) in [6, 6.07) is 1.85. The molecule has 1 saturated carbocycles. The maximum absolute atomic E-state index is 12.2. The highest BCUT2D eigenvalue weighted by molar-refractivity contribution is 8.00. The molecule has 0 atom stereocenters. The first kappa shape index (κ1) is 17.6. The first-order chi connectivity index (χ1) is 12.6. The van der Waals surface area contributed by atoms with Crippen molar-refractivity contribution < 1.29 is 4.79 Å². The normalized spacial score (nSPS) is 14.1. The van der Waals surface area contributed by atoms with Crippen molar-refractivity contribution in [2.45, 2.75) is 49.2 Å². The van der Waals surface area contributed by atoms with Gasteiger partial charge in [0.05, 0.1) is 5.69 Å². The zero-order valence-corrected chi connectivity index (χ0v) is 16.8. The summed E-state index contributed by atoms with van der Waals surface area (Å²) >= 11 is 4.37. The van der Waals surface area contributed by atoms with Crippen LogP contribution in [-0.4, -0.2) is 31.5 Å². The van der Waals surface area contributed by atoms with Gasteiger partial charge >= 0.3 is 0 Å². The average Bonchev–Trinajstić information content (AvgIpc) is 3.22. The summed E-state index contributed by atoms with van der Waals surface area (Å²) in [5.41, 5.74) is 1.56. The van der Waals surface area contributed by atoms with Gasteiger partial charge in [-0.2, -0.15) is 0 Å². The second-order valence-corrected chi connectivity index (χ2v) is 9.08. The highest BCUT2D eigenvalue weighted by Gasteiger charge is 2.35. The van der Waals surface area contributed by atoms with Gasteiger partial charge in [0, 0.05) is 35.4 Å². The smallest absolute Gasteiger partial charge is 0.258 e. The summed E-state index contributed by atoms with van der Waals surface area (Å²) in [6.45, 7) is 3.76. The molecule has 3 aromatic heterocycles. The second-order valence-electron chi connectivity index (χ2n) is 6.07. The van der Waals surface area contributed by atoms with Crippen LogP contribution in [0.2, 0.25) is 0 Å². The van der Waals surface area contributed by atoms with Crippen LogP contribution in [0.3, 0.4) is 0 Å². The van der Waals surface area contributed by atoms with Crippen molar-refractivity contribution in [3.8, 4) is 0 Å². The van der Waals surface area contributed by atoms with E-state index in [-0.39, 0.29) is 17.5 Å². The van der Waals surface area contributed by atoms with Crippen molar-refractivity contribution in [1.82, 2.24) is 19.6 Å². The Morgan fingerprint density at radius 1 is 1.42 bits per heavy atom.